The largest absolute Gasteiger partial charge is 0.294 e. The third-order valence-electron chi connectivity index (χ3n) is 6.48. The predicted octanol–water partition coefficient (Wildman–Crippen LogP) is 5.73. The van der Waals surface area contributed by atoms with Gasteiger partial charge in [0.25, 0.3) is 0 Å². The van der Waals surface area contributed by atoms with Gasteiger partial charge in [0.2, 0.25) is 0 Å². The summed E-state index contributed by atoms with van der Waals surface area (Å²) < 4.78 is 0. The lowest BCUT2D eigenvalue weighted by atomic mass is 9.97. The Morgan fingerprint density at radius 2 is 1.83 bits per heavy atom. The van der Waals surface area contributed by atoms with E-state index in [1.807, 2.05) is 6.20 Å². The summed E-state index contributed by atoms with van der Waals surface area (Å²) in [5.74, 6) is 0.688. The fourth-order valence-corrected chi connectivity index (χ4v) is 4.66. The van der Waals surface area contributed by atoms with Crippen LogP contribution >= 0.6 is 0 Å². The average molecular weight is 392 g/mol. The summed E-state index contributed by atoms with van der Waals surface area (Å²) in [5.41, 5.74) is 9.17. The van der Waals surface area contributed by atoms with Crippen LogP contribution in [-0.2, 0) is 19.5 Å². The van der Waals surface area contributed by atoms with Crippen molar-refractivity contribution in [3.05, 3.63) is 95.4 Å². The van der Waals surface area contributed by atoms with E-state index in [0.717, 1.165) is 31.6 Å². The van der Waals surface area contributed by atoms with Gasteiger partial charge in [0, 0.05) is 54.9 Å². The monoisotopic (exact) mass is 391 g/mol. The summed E-state index contributed by atoms with van der Waals surface area (Å²) in [6, 6.07) is 24.0. The fourth-order valence-electron chi connectivity index (χ4n) is 4.66. The summed E-state index contributed by atoms with van der Waals surface area (Å²) in [5, 5.41) is 1.21. The lowest BCUT2D eigenvalue weighted by Crippen LogP contribution is -2.19. The maximum absolute atomic E-state index is 4.85. The molecule has 6 rings (SSSR count). The van der Waals surface area contributed by atoms with Crippen molar-refractivity contribution in [3.8, 4) is 11.1 Å². The molecule has 0 saturated heterocycles. The lowest BCUT2D eigenvalue weighted by molar-refractivity contribution is 0.287. The standard InChI is InChI=1S/C27H25N3/c1-2-7-26-19(4-1)10-11-23(29-26)13-15-30-17-22-5-3-6-24(25(22)18-30)21-12-14-28-27(16-21)20-8-9-20/h1-7,10-12,14,16,20H,8-9,13,15,17-18H2. The minimum absolute atomic E-state index is 0.688. The molecular weight excluding hydrogens is 366 g/mol. The second-order valence-corrected chi connectivity index (χ2v) is 8.64. The van der Waals surface area contributed by atoms with Gasteiger partial charge in [-0.3, -0.25) is 14.9 Å². The van der Waals surface area contributed by atoms with Gasteiger partial charge < -0.3 is 0 Å². The molecule has 3 nitrogen and oxygen atoms in total. The predicted molar refractivity (Wildman–Crippen MR) is 121 cm³/mol. The Morgan fingerprint density at radius 1 is 0.900 bits per heavy atom. The molecule has 1 fully saturated rings. The summed E-state index contributed by atoms with van der Waals surface area (Å²) >= 11 is 0. The Labute approximate surface area is 177 Å². The normalized spacial score (nSPS) is 16.1. The second kappa shape index (κ2) is 7.33. The zero-order valence-electron chi connectivity index (χ0n) is 17.1. The Morgan fingerprint density at radius 3 is 2.77 bits per heavy atom. The highest BCUT2D eigenvalue weighted by Crippen LogP contribution is 2.41. The van der Waals surface area contributed by atoms with Crippen LogP contribution in [0, 0.1) is 0 Å². The summed E-state index contributed by atoms with van der Waals surface area (Å²) in [6.07, 6.45) is 5.55. The fraction of sp³-hybridized carbons (Fsp3) is 0.259. The first-order chi connectivity index (χ1) is 14.8. The third-order valence-corrected chi connectivity index (χ3v) is 6.48. The lowest BCUT2D eigenvalue weighted by Gasteiger charge is -2.15. The maximum atomic E-state index is 4.85. The molecule has 1 saturated carbocycles. The van der Waals surface area contributed by atoms with E-state index < -0.39 is 0 Å². The van der Waals surface area contributed by atoms with Gasteiger partial charge in [-0.2, -0.15) is 0 Å². The van der Waals surface area contributed by atoms with E-state index in [4.69, 9.17) is 4.98 Å². The molecule has 4 aromatic rings. The molecule has 148 valence electrons. The third kappa shape index (κ3) is 3.40. The van der Waals surface area contributed by atoms with E-state index in [9.17, 15) is 0 Å². The van der Waals surface area contributed by atoms with E-state index in [1.165, 1.54) is 51.9 Å². The van der Waals surface area contributed by atoms with Gasteiger partial charge >= 0.3 is 0 Å². The van der Waals surface area contributed by atoms with E-state index in [-0.39, 0.29) is 0 Å². The zero-order chi connectivity index (χ0) is 19.9. The number of rotatable bonds is 5. The van der Waals surface area contributed by atoms with Crippen LogP contribution in [0.15, 0.2) is 72.9 Å². The molecule has 0 radical (unpaired) electrons. The molecule has 0 bridgehead atoms. The SMILES string of the molecule is c1cc2c(c(-c3ccnc(C4CC4)c3)c1)CN(CCc1ccc3ccccc3n1)C2. The number of nitrogens with zero attached hydrogens (tertiary/aromatic N) is 3. The summed E-state index contributed by atoms with van der Waals surface area (Å²) in [6.45, 7) is 3.07. The zero-order valence-corrected chi connectivity index (χ0v) is 17.1. The molecule has 2 aliphatic rings. The van der Waals surface area contributed by atoms with Crippen LogP contribution < -0.4 is 0 Å². The highest BCUT2D eigenvalue weighted by atomic mass is 15.1. The quantitative estimate of drug-likeness (QED) is 0.435. The number of hydrogen-bond donors (Lipinski definition) is 0. The topological polar surface area (TPSA) is 29.0 Å². The molecule has 0 atom stereocenters. The molecule has 2 aromatic heterocycles. The first kappa shape index (κ1) is 17.8. The molecule has 1 aliphatic heterocycles. The molecular formula is C27H25N3. The summed E-state index contributed by atoms with van der Waals surface area (Å²) in [7, 11) is 0. The first-order valence-electron chi connectivity index (χ1n) is 11.0. The molecule has 3 heteroatoms. The number of aromatic nitrogens is 2. The van der Waals surface area contributed by atoms with Gasteiger partial charge in [0.1, 0.15) is 0 Å². The molecule has 0 unspecified atom stereocenters. The van der Waals surface area contributed by atoms with Crippen molar-refractivity contribution in [2.75, 3.05) is 6.54 Å². The van der Waals surface area contributed by atoms with Gasteiger partial charge in [0.15, 0.2) is 0 Å². The van der Waals surface area contributed by atoms with Gasteiger partial charge in [-0.1, -0.05) is 42.5 Å². The van der Waals surface area contributed by atoms with Crippen LogP contribution in [0.2, 0.25) is 0 Å². The van der Waals surface area contributed by atoms with Crippen molar-refractivity contribution in [1.82, 2.24) is 14.9 Å². The van der Waals surface area contributed by atoms with Crippen LogP contribution in [-0.4, -0.2) is 21.4 Å². The molecule has 0 N–H and O–H groups in total. The second-order valence-electron chi connectivity index (χ2n) is 8.64. The molecule has 0 amide bonds. The van der Waals surface area contributed by atoms with Crippen LogP contribution in [0.5, 0.6) is 0 Å². The number of para-hydroxylation sites is 1. The van der Waals surface area contributed by atoms with Gasteiger partial charge in [-0.25, -0.2) is 0 Å². The molecule has 3 heterocycles. The van der Waals surface area contributed by atoms with E-state index in [1.54, 1.807) is 0 Å². The van der Waals surface area contributed by atoms with Crippen molar-refractivity contribution in [3.63, 3.8) is 0 Å². The van der Waals surface area contributed by atoms with Crippen LogP contribution in [0.25, 0.3) is 22.0 Å². The molecule has 2 aromatic carbocycles. The van der Waals surface area contributed by atoms with Crippen LogP contribution in [0.4, 0.5) is 0 Å². The molecule has 1 aliphatic carbocycles. The minimum Gasteiger partial charge on any atom is -0.294 e. The average Bonchev–Trinajstić information content (AvgIpc) is 3.56. The Balaban J connectivity index is 1.20. The number of benzene rings is 2. The Hall–Kier alpha value is -3.04. The number of fused-ring (bicyclic) bond motifs is 2. The first-order valence-corrected chi connectivity index (χ1v) is 11.0. The van der Waals surface area contributed by atoms with E-state index in [0.29, 0.717) is 5.92 Å². The van der Waals surface area contributed by atoms with Crippen molar-refractivity contribution >= 4 is 10.9 Å². The van der Waals surface area contributed by atoms with Crippen molar-refractivity contribution in [2.24, 2.45) is 0 Å². The van der Waals surface area contributed by atoms with Gasteiger partial charge in [-0.15, -0.1) is 0 Å². The van der Waals surface area contributed by atoms with E-state index in [2.05, 4.69) is 76.6 Å². The van der Waals surface area contributed by atoms with Gasteiger partial charge in [0.05, 0.1) is 5.52 Å². The van der Waals surface area contributed by atoms with Crippen molar-refractivity contribution in [1.29, 1.82) is 0 Å². The van der Waals surface area contributed by atoms with Crippen LogP contribution in [0.1, 0.15) is 41.3 Å². The Kier molecular flexibility index (Phi) is 4.35. The molecule has 0 spiro atoms. The molecule has 30 heavy (non-hydrogen) atoms. The van der Waals surface area contributed by atoms with Gasteiger partial charge in [-0.05, 0) is 59.4 Å². The maximum Gasteiger partial charge on any atom is 0.0705 e. The van der Waals surface area contributed by atoms with Crippen molar-refractivity contribution < 1.29 is 0 Å². The van der Waals surface area contributed by atoms with E-state index >= 15 is 0 Å². The highest BCUT2D eigenvalue weighted by molar-refractivity contribution is 5.78. The van der Waals surface area contributed by atoms with Crippen LogP contribution in [0.3, 0.4) is 0 Å². The highest BCUT2D eigenvalue weighted by Gasteiger charge is 2.26. The smallest absolute Gasteiger partial charge is 0.0705 e. The Bertz CT molecular complexity index is 1230. The number of pyridine rings is 2. The van der Waals surface area contributed by atoms with Crippen molar-refractivity contribution in [2.45, 2.75) is 38.3 Å². The number of hydrogen-bond acceptors (Lipinski definition) is 3. The minimum atomic E-state index is 0.688. The summed E-state index contributed by atoms with van der Waals surface area (Å²) in [4.78, 5) is 12.0.